The van der Waals surface area contributed by atoms with E-state index in [4.69, 9.17) is 10.5 Å². The number of anilines is 1. The van der Waals surface area contributed by atoms with E-state index in [-0.39, 0.29) is 17.3 Å². The number of nitrogens with two attached hydrogens (primary N) is 1. The summed E-state index contributed by atoms with van der Waals surface area (Å²) in [7, 11) is 1.59. The number of aromatic nitrogens is 2. The van der Waals surface area contributed by atoms with Gasteiger partial charge in [0.15, 0.2) is 6.30 Å². The third-order valence-electron chi connectivity index (χ3n) is 5.44. The van der Waals surface area contributed by atoms with Crippen molar-refractivity contribution in [3.8, 4) is 0 Å². The summed E-state index contributed by atoms with van der Waals surface area (Å²) in [5.74, 6) is -0.721. The summed E-state index contributed by atoms with van der Waals surface area (Å²) in [4.78, 5) is 22.5. The lowest BCUT2D eigenvalue weighted by molar-refractivity contribution is -0.112. The number of nitrogens with one attached hydrogen (secondary N) is 1. The number of alkyl halides is 1. The molecule has 2 aromatic carbocycles. The zero-order valence-electron chi connectivity index (χ0n) is 17.2. The van der Waals surface area contributed by atoms with Crippen LogP contribution in [0.2, 0.25) is 0 Å². The Morgan fingerprint density at radius 2 is 2.13 bits per heavy atom. The third-order valence-corrected chi connectivity index (χ3v) is 5.44. The number of rotatable bonds is 8. The van der Waals surface area contributed by atoms with Crippen molar-refractivity contribution in [3.05, 3.63) is 72.3 Å². The zero-order valence-corrected chi connectivity index (χ0v) is 17.2. The lowest BCUT2D eigenvalue weighted by atomic mass is 9.97. The summed E-state index contributed by atoms with van der Waals surface area (Å²) in [6.07, 6.45) is 2.36. The molecular formula is C23H24FN5O2. The average molecular weight is 421 g/mol. The van der Waals surface area contributed by atoms with Gasteiger partial charge >= 0.3 is 0 Å². The maximum atomic E-state index is 15.9. The lowest BCUT2D eigenvalue weighted by Gasteiger charge is -2.43. The van der Waals surface area contributed by atoms with Crippen LogP contribution in [0.3, 0.4) is 0 Å². The molecule has 2 heterocycles. The van der Waals surface area contributed by atoms with Crippen LogP contribution in [0, 0.1) is 0 Å². The van der Waals surface area contributed by atoms with Crippen molar-refractivity contribution in [1.29, 1.82) is 0 Å². The Kier molecular flexibility index (Phi) is 6.20. The average Bonchev–Trinajstić information content (AvgIpc) is 2.76. The molecule has 0 aliphatic carbocycles. The molecule has 0 radical (unpaired) electrons. The molecule has 1 fully saturated rings. The number of primary amides is 1. The second-order valence-corrected chi connectivity index (χ2v) is 7.41. The fourth-order valence-electron chi connectivity index (χ4n) is 3.79. The first-order valence-electron chi connectivity index (χ1n) is 10.0. The van der Waals surface area contributed by atoms with Crippen LogP contribution in [-0.4, -0.2) is 53.4 Å². The number of carbonyl (C=O) groups excluding carboxylic acids is 1. The quantitative estimate of drug-likeness (QED) is 0.429. The molecule has 3 N–H and O–H groups in total. The number of benzene rings is 2. The highest BCUT2D eigenvalue weighted by molar-refractivity contribution is 6.20. The number of amides is 1. The molecule has 1 amide bonds. The predicted molar refractivity (Wildman–Crippen MR) is 118 cm³/mol. The number of carbonyl (C=O) groups is 1. The van der Waals surface area contributed by atoms with Crippen LogP contribution in [0.4, 0.5) is 10.1 Å². The molecule has 1 unspecified atom stereocenters. The molecular weight excluding hydrogens is 397 g/mol. The Hall–Kier alpha value is -3.36. The van der Waals surface area contributed by atoms with Crippen molar-refractivity contribution in [1.82, 2.24) is 14.9 Å². The highest BCUT2D eigenvalue weighted by Crippen LogP contribution is 2.32. The van der Waals surface area contributed by atoms with E-state index in [1.54, 1.807) is 36.4 Å². The molecule has 7 nitrogen and oxygen atoms in total. The van der Waals surface area contributed by atoms with Crippen LogP contribution in [0.25, 0.3) is 16.5 Å². The van der Waals surface area contributed by atoms with E-state index >= 15 is 4.39 Å². The number of ether oxygens (including phenoxy) is 1. The smallest absolute Gasteiger partial charge is 0.251 e. The van der Waals surface area contributed by atoms with Crippen molar-refractivity contribution in [3.63, 3.8) is 0 Å². The Bertz CT molecular complexity index is 1110. The van der Waals surface area contributed by atoms with Gasteiger partial charge in [-0.1, -0.05) is 24.3 Å². The SMILES string of the molecule is COC[C@H]1CCN1C(F)C(Nc1ccccc1)=C(C(N)=O)c1ccc2ncncc2c1. The largest absolute Gasteiger partial charge is 0.383 e. The standard InChI is InChI=1S/C23H24FN5O2/c1-31-13-18-9-10-29(18)22(24)21(28-17-5-3-2-4-6-17)20(23(25)30)15-7-8-19-16(11-15)12-26-14-27-19/h2-8,11-12,14,18,22,28H,9-10,13H2,1H3,(H2,25,30)/t18-,22?/m1/s1. The molecule has 2 atom stereocenters. The van der Waals surface area contributed by atoms with E-state index in [0.29, 0.717) is 24.4 Å². The molecule has 31 heavy (non-hydrogen) atoms. The molecule has 3 aromatic rings. The van der Waals surface area contributed by atoms with E-state index in [2.05, 4.69) is 15.3 Å². The minimum atomic E-state index is -1.56. The number of fused-ring (bicyclic) bond motifs is 1. The van der Waals surface area contributed by atoms with Gasteiger partial charge in [0.1, 0.15) is 6.33 Å². The van der Waals surface area contributed by atoms with E-state index < -0.39 is 12.2 Å². The molecule has 1 aliphatic rings. The normalized spacial score (nSPS) is 18.2. The summed E-state index contributed by atoms with van der Waals surface area (Å²) in [6, 6.07) is 14.3. The number of halogens is 1. The fourth-order valence-corrected chi connectivity index (χ4v) is 3.79. The minimum absolute atomic E-state index is 0.0632. The summed E-state index contributed by atoms with van der Waals surface area (Å²) in [5, 5.41) is 3.84. The van der Waals surface area contributed by atoms with Gasteiger partial charge in [-0.2, -0.15) is 0 Å². The Labute approximate surface area is 179 Å². The number of methoxy groups -OCH3 is 1. The minimum Gasteiger partial charge on any atom is -0.383 e. The number of hydrogen-bond donors (Lipinski definition) is 2. The number of para-hydroxylation sites is 1. The van der Waals surface area contributed by atoms with Crippen LogP contribution < -0.4 is 11.1 Å². The van der Waals surface area contributed by atoms with Gasteiger partial charge in [0.25, 0.3) is 5.91 Å². The van der Waals surface area contributed by atoms with Gasteiger partial charge in [0.2, 0.25) is 0 Å². The first-order valence-corrected chi connectivity index (χ1v) is 10.0. The summed E-state index contributed by atoms with van der Waals surface area (Å²) in [5.41, 5.74) is 7.86. The fraction of sp³-hybridized carbons (Fsp3) is 0.261. The van der Waals surface area contributed by atoms with Crippen LogP contribution in [0.5, 0.6) is 0 Å². The molecule has 160 valence electrons. The molecule has 8 heteroatoms. The van der Waals surface area contributed by atoms with Crippen molar-refractivity contribution in [2.45, 2.75) is 18.8 Å². The van der Waals surface area contributed by atoms with Crippen molar-refractivity contribution < 1.29 is 13.9 Å². The highest BCUT2D eigenvalue weighted by atomic mass is 19.1. The van der Waals surface area contributed by atoms with Gasteiger partial charge in [-0.15, -0.1) is 0 Å². The molecule has 0 bridgehead atoms. The first-order chi connectivity index (χ1) is 15.1. The van der Waals surface area contributed by atoms with Gasteiger partial charge in [-0.05, 0) is 36.2 Å². The maximum Gasteiger partial charge on any atom is 0.251 e. The summed E-state index contributed by atoms with van der Waals surface area (Å²) < 4.78 is 21.1. The second kappa shape index (κ2) is 9.20. The van der Waals surface area contributed by atoms with Gasteiger partial charge in [0, 0.05) is 37.0 Å². The highest BCUT2D eigenvalue weighted by Gasteiger charge is 2.38. The Morgan fingerprint density at radius 1 is 1.32 bits per heavy atom. The van der Waals surface area contributed by atoms with Crippen molar-refractivity contribution in [2.24, 2.45) is 5.73 Å². The molecule has 4 rings (SSSR count). The van der Waals surface area contributed by atoms with Crippen LogP contribution in [-0.2, 0) is 9.53 Å². The third kappa shape index (κ3) is 4.40. The predicted octanol–water partition coefficient (Wildman–Crippen LogP) is 2.95. The van der Waals surface area contributed by atoms with Crippen molar-refractivity contribution >= 4 is 28.1 Å². The molecule has 1 saturated heterocycles. The Balaban J connectivity index is 1.82. The van der Waals surface area contributed by atoms with Gasteiger partial charge in [0.05, 0.1) is 23.4 Å². The molecule has 1 aliphatic heterocycles. The lowest BCUT2D eigenvalue weighted by Crippen LogP contribution is -2.55. The second-order valence-electron chi connectivity index (χ2n) is 7.41. The number of likely N-dealkylation sites (tertiary alicyclic amines) is 1. The number of hydrogen-bond acceptors (Lipinski definition) is 6. The van der Waals surface area contributed by atoms with Crippen molar-refractivity contribution in [2.75, 3.05) is 25.6 Å². The van der Waals surface area contributed by atoms with Crippen LogP contribution in [0.1, 0.15) is 12.0 Å². The topological polar surface area (TPSA) is 93.4 Å². The van der Waals surface area contributed by atoms with Crippen LogP contribution in [0.15, 0.2) is 66.8 Å². The summed E-state index contributed by atoms with van der Waals surface area (Å²) in [6.45, 7) is 0.977. The van der Waals surface area contributed by atoms with Gasteiger partial charge < -0.3 is 15.8 Å². The van der Waals surface area contributed by atoms with E-state index in [1.807, 2.05) is 30.3 Å². The first kappa shape index (κ1) is 20.9. The molecule has 0 saturated carbocycles. The summed E-state index contributed by atoms with van der Waals surface area (Å²) >= 11 is 0. The number of nitrogens with zero attached hydrogens (tertiary/aromatic N) is 3. The molecule has 0 spiro atoms. The van der Waals surface area contributed by atoms with E-state index in [0.717, 1.165) is 17.3 Å². The van der Waals surface area contributed by atoms with Gasteiger partial charge in [-0.25, -0.2) is 14.4 Å². The zero-order chi connectivity index (χ0) is 21.8. The van der Waals surface area contributed by atoms with Gasteiger partial charge in [-0.3, -0.25) is 9.69 Å². The van der Waals surface area contributed by atoms with Crippen LogP contribution >= 0.6 is 0 Å². The maximum absolute atomic E-state index is 15.9. The van der Waals surface area contributed by atoms with E-state index in [9.17, 15) is 4.79 Å². The monoisotopic (exact) mass is 421 g/mol. The van der Waals surface area contributed by atoms with E-state index in [1.165, 1.54) is 6.33 Å². The molecule has 1 aromatic heterocycles. The Morgan fingerprint density at radius 3 is 2.81 bits per heavy atom.